The second kappa shape index (κ2) is 5.70. The number of β-amino-alcohol motifs (C(OH)–C–C–N with tert-alkyl or cyclic N) is 1. The minimum absolute atomic E-state index is 0.196. The van der Waals surface area contributed by atoms with Gasteiger partial charge in [0.15, 0.2) is 0 Å². The van der Waals surface area contributed by atoms with Gasteiger partial charge in [-0.1, -0.05) is 20.8 Å². The van der Waals surface area contributed by atoms with Gasteiger partial charge in [0.05, 0.1) is 6.10 Å². The molecule has 0 aromatic carbocycles. The van der Waals surface area contributed by atoms with Gasteiger partial charge in [0.2, 0.25) is 0 Å². The molecule has 104 valence electrons. The Kier molecular flexibility index (Phi) is 4.44. The third-order valence-corrected chi connectivity index (χ3v) is 4.88. The summed E-state index contributed by atoms with van der Waals surface area (Å²) in [5, 5.41) is 9.92. The van der Waals surface area contributed by atoms with Gasteiger partial charge in [-0.05, 0) is 37.1 Å². The van der Waals surface area contributed by atoms with E-state index in [1.807, 2.05) is 0 Å². The van der Waals surface area contributed by atoms with Gasteiger partial charge in [0.25, 0.3) is 0 Å². The van der Waals surface area contributed by atoms with E-state index in [0.717, 1.165) is 32.5 Å². The van der Waals surface area contributed by atoms with Crippen molar-refractivity contribution in [3.63, 3.8) is 0 Å². The summed E-state index contributed by atoms with van der Waals surface area (Å²) < 4.78 is 0. The Bertz CT molecular complexity index is 305. The van der Waals surface area contributed by atoms with Gasteiger partial charge >= 0.3 is 0 Å². The molecule has 18 heavy (non-hydrogen) atoms. The van der Waals surface area contributed by atoms with Crippen LogP contribution in [-0.2, 0) is 4.79 Å². The number of Topliss-reactive ketones (excluding diaryl/α,β-unsaturated/α-hetero) is 1. The number of rotatable bonds is 2. The number of hydrogen-bond acceptors (Lipinski definition) is 3. The van der Waals surface area contributed by atoms with Crippen molar-refractivity contribution in [2.75, 3.05) is 19.6 Å². The molecule has 1 aliphatic carbocycles. The molecule has 0 spiro atoms. The van der Waals surface area contributed by atoms with Gasteiger partial charge in [-0.2, -0.15) is 0 Å². The van der Waals surface area contributed by atoms with Gasteiger partial charge in [0.1, 0.15) is 5.78 Å². The van der Waals surface area contributed by atoms with E-state index in [1.54, 1.807) is 0 Å². The summed E-state index contributed by atoms with van der Waals surface area (Å²) in [7, 11) is 0. The zero-order valence-electron chi connectivity index (χ0n) is 11.9. The molecule has 0 aromatic rings. The van der Waals surface area contributed by atoms with Gasteiger partial charge in [-0.25, -0.2) is 0 Å². The molecule has 0 radical (unpaired) electrons. The normalized spacial score (nSPS) is 43.1. The molecule has 0 bridgehead atoms. The molecule has 1 aliphatic heterocycles. The van der Waals surface area contributed by atoms with Crippen LogP contribution in [0, 0.1) is 23.7 Å². The molecule has 3 heteroatoms. The highest BCUT2D eigenvalue weighted by Gasteiger charge is 2.35. The van der Waals surface area contributed by atoms with Crippen molar-refractivity contribution in [3.8, 4) is 0 Å². The number of ketones is 1. The van der Waals surface area contributed by atoms with Crippen LogP contribution < -0.4 is 0 Å². The summed E-state index contributed by atoms with van der Waals surface area (Å²) in [4.78, 5) is 14.4. The van der Waals surface area contributed by atoms with E-state index >= 15 is 0 Å². The Morgan fingerprint density at radius 1 is 1.28 bits per heavy atom. The number of nitrogens with zero attached hydrogens (tertiary/aromatic N) is 1. The van der Waals surface area contributed by atoms with E-state index in [4.69, 9.17) is 0 Å². The predicted octanol–water partition coefficient (Wildman–Crippen LogP) is 1.94. The maximum absolute atomic E-state index is 12.1. The second-order valence-electron chi connectivity index (χ2n) is 6.69. The van der Waals surface area contributed by atoms with E-state index < -0.39 is 0 Å². The quantitative estimate of drug-likeness (QED) is 0.817. The van der Waals surface area contributed by atoms with Crippen LogP contribution in [0.25, 0.3) is 0 Å². The molecule has 5 unspecified atom stereocenters. The molecule has 1 saturated heterocycles. The number of likely N-dealkylation sites (tertiary alicyclic amines) is 1. The molecule has 0 aromatic heterocycles. The Hall–Kier alpha value is -0.410. The summed E-state index contributed by atoms with van der Waals surface area (Å²) in [6, 6.07) is 0. The predicted molar refractivity (Wildman–Crippen MR) is 72.3 cm³/mol. The largest absolute Gasteiger partial charge is 0.392 e. The number of carbonyl (C=O) groups excluding carboxylic acids is 1. The van der Waals surface area contributed by atoms with Gasteiger partial charge in [-0.15, -0.1) is 0 Å². The molecule has 0 amide bonds. The fraction of sp³-hybridized carbons (Fsp3) is 0.933. The Morgan fingerprint density at radius 2 is 2.00 bits per heavy atom. The molecule has 1 N–H and O–H groups in total. The Labute approximate surface area is 111 Å². The van der Waals surface area contributed by atoms with E-state index in [-0.39, 0.29) is 12.0 Å². The number of aliphatic hydroxyl groups is 1. The maximum atomic E-state index is 12.1. The average Bonchev–Trinajstić information content (AvgIpc) is 2.28. The lowest BCUT2D eigenvalue weighted by atomic mass is 9.74. The van der Waals surface area contributed by atoms with Crippen LogP contribution in [0.4, 0.5) is 0 Å². The van der Waals surface area contributed by atoms with Gasteiger partial charge in [-0.3, -0.25) is 4.79 Å². The SMILES string of the molecule is CC1CC(=O)C(CN2CCC(C)C(O)C2)C(C)C1. The van der Waals surface area contributed by atoms with Crippen molar-refractivity contribution >= 4 is 5.78 Å². The molecular formula is C15H27NO2. The van der Waals surface area contributed by atoms with Crippen LogP contribution in [0.3, 0.4) is 0 Å². The van der Waals surface area contributed by atoms with E-state index in [1.165, 1.54) is 6.42 Å². The summed E-state index contributed by atoms with van der Waals surface area (Å²) in [6.45, 7) is 9.13. The molecule has 5 atom stereocenters. The number of carbonyl (C=O) groups is 1. The van der Waals surface area contributed by atoms with Crippen LogP contribution in [0.2, 0.25) is 0 Å². The first-order chi connectivity index (χ1) is 8.47. The lowest BCUT2D eigenvalue weighted by Gasteiger charge is -2.39. The van der Waals surface area contributed by atoms with Crippen LogP contribution in [-0.4, -0.2) is 41.5 Å². The molecule has 2 fully saturated rings. The first kappa shape index (κ1) is 14.0. The molecular weight excluding hydrogens is 226 g/mol. The van der Waals surface area contributed by atoms with Crippen molar-refractivity contribution in [2.45, 2.75) is 46.1 Å². The summed E-state index contributed by atoms with van der Waals surface area (Å²) in [5.41, 5.74) is 0. The minimum Gasteiger partial charge on any atom is -0.392 e. The highest BCUT2D eigenvalue weighted by atomic mass is 16.3. The van der Waals surface area contributed by atoms with Gasteiger partial charge in [0, 0.05) is 25.4 Å². The lowest BCUT2D eigenvalue weighted by Crippen LogP contribution is -2.47. The van der Waals surface area contributed by atoms with Gasteiger partial charge < -0.3 is 10.0 Å². The minimum atomic E-state index is -0.216. The second-order valence-corrected chi connectivity index (χ2v) is 6.69. The topological polar surface area (TPSA) is 40.5 Å². The number of piperidine rings is 1. The van der Waals surface area contributed by atoms with Crippen molar-refractivity contribution in [2.24, 2.45) is 23.7 Å². The van der Waals surface area contributed by atoms with Crippen LogP contribution >= 0.6 is 0 Å². The van der Waals surface area contributed by atoms with Crippen LogP contribution in [0.5, 0.6) is 0 Å². The zero-order chi connectivity index (χ0) is 13.3. The van der Waals surface area contributed by atoms with Crippen molar-refractivity contribution in [3.05, 3.63) is 0 Å². The zero-order valence-corrected chi connectivity index (χ0v) is 11.9. The van der Waals surface area contributed by atoms with E-state index in [2.05, 4.69) is 25.7 Å². The fourth-order valence-corrected chi connectivity index (χ4v) is 3.53. The summed E-state index contributed by atoms with van der Waals surface area (Å²) >= 11 is 0. The van der Waals surface area contributed by atoms with Crippen LogP contribution in [0.15, 0.2) is 0 Å². The smallest absolute Gasteiger partial charge is 0.137 e. The first-order valence-electron chi connectivity index (χ1n) is 7.40. The van der Waals surface area contributed by atoms with Crippen molar-refractivity contribution in [1.29, 1.82) is 0 Å². The summed E-state index contributed by atoms with van der Waals surface area (Å²) in [6.07, 6.45) is 2.75. The van der Waals surface area contributed by atoms with Crippen LogP contribution in [0.1, 0.15) is 40.0 Å². The highest BCUT2D eigenvalue weighted by Crippen LogP contribution is 2.32. The maximum Gasteiger partial charge on any atom is 0.137 e. The first-order valence-corrected chi connectivity index (χ1v) is 7.40. The molecule has 2 rings (SSSR count). The Morgan fingerprint density at radius 3 is 2.61 bits per heavy atom. The van der Waals surface area contributed by atoms with E-state index in [9.17, 15) is 9.90 Å². The van der Waals surface area contributed by atoms with Crippen molar-refractivity contribution < 1.29 is 9.90 Å². The molecule has 1 heterocycles. The molecule has 2 aliphatic rings. The highest BCUT2D eigenvalue weighted by molar-refractivity contribution is 5.82. The molecule has 1 saturated carbocycles. The Balaban J connectivity index is 1.90. The van der Waals surface area contributed by atoms with E-state index in [0.29, 0.717) is 23.5 Å². The lowest BCUT2D eigenvalue weighted by molar-refractivity contribution is -0.129. The standard InChI is InChI=1S/C15H27NO2/c1-10-6-12(3)13(14(17)7-10)8-16-5-4-11(2)15(18)9-16/h10-13,15,18H,4-9H2,1-3H3. The monoisotopic (exact) mass is 253 g/mol. The summed E-state index contributed by atoms with van der Waals surface area (Å²) in [5.74, 6) is 2.09. The average molecular weight is 253 g/mol. The fourth-order valence-electron chi connectivity index (χ4n) is 3.53. The molecule has 3 nitrogen and oxygen atoms in total. The van der Waals surface area contributed by atoms with Crippen molar-refractivity contribution in [1.82, 2.24) is 4.90 Å². The third kappa shape index (κ3) is 3.12. The third-order valence-electron chi connectivity index (χ3n) is 4.88. The number of hydrogen-bond donors (Lipinski definition) is 1. The number of aliphatic hydroxyl groups excluding tert-OH is 1.